The molecule has 2 aromatic carbocycles. The van der Waals surface area contributed by atoms with Gasteiger partial charge < -0.3 is 4.52 Å². The van der Waals surface area contributed by atoms with Gasteiger partial charge in [-0.05, 0) is 30.2 Å². The van der Waals surface area contributed by atoms with E-state index in [9.17, 15) is 4.57 Å². The zero-order chi connectivity index (χ0) is 14.6. The molecule has 0 spiro atoms. The van der Waals surface area contributed by atoms with E-state index >= 15 is 0 Å². The summed E-state index contributed by atoms with van der Waals surface area (Å²) in [5.41, 5.74) is 2.42. The normalized spacial score (nSPS) is 15.6. The Hall–Kier alpha value is -1.37. The van der Waals surface area contributed by atoms with Gasteiger partial charge in [-0.1, -0.05) is 49.4 Å². The second-order valence-corrected chi connectivity index (χ2v) is 7.46. The second-order valence-electron chi connectivity index (χ2n) is 4.99. The SMILES string of the molecule is CCOP(C)(=O)c1cccc(C(C)c2ccccc2)c1. The van der Waals surface area contributed by atoms with Crippen molar-refractivity contribution in [3.63, 3.8) is 0 Å². The minimum Gasteiger partial charge on any atom is -0.326 e. The van der Waals surface area contributed by atoms with Gasteiger partial charge in [-0.2, -0.15) is 0 Å². The maximum atomic E-state index is 12.5. The van der Waals surface area contributed by atoms with Crippen molar-refractivity contribution in [3.8, 4) is 0 Å². The van der Waals surface area contributed by atoms with Crippen LogP contribution in [0.5, 0.6) is 0 Å². The van der Waals surface area contributed by atoms with Crippen LogP contribution < -0.4 is 5.30 Å². The summed E-state index contributed by atoms with van der Waals surface area (Å²) < 4.78 is 17.9. The van der Waals surface area contributed by atoms with Gasteiger partial charge in [-0.25, -0.2) is 0 Å². The first-order valence-corrected chi connectivity index (χ1v) is 8.99. The molecule has 2 unspecified atom stereocenters. The lowest BCUT2D eigenvalue weighted by atomic mass is 9.93. The first-order chi connectivity index (χ1) is 9.54. The van der Waals surface area contributed by atoms with E-state index in [1.54, 1.807) is 6.66 Å². The summed E-state index contributed by atoms with van der Waals surface area (Å²) in [4.78, 5) is 0. The van der Waals surface area contributed by atoms with Gasteiger partial charge in [0.1, 0.15) is 0 Å². The lowest BCUT2D eigenvalue weighted by Gasteiger charge is -2.17. The Kier molecular flexibility index (Phi) is 4.80. The largest absolute Gasteiger partial charge is 0.326 e. The Labute approximate surface area is 121 Å². The highest BCUT2D eigenvalue weighted by Gasteiger charge is 2.19. The molecule has 0 aromatic heterocycles. The van der Waals surface area contributed by atoms with Crippen LogP contribution in [0.4, 0.5) is 0 Å². The molecule has 0 bridgehead atoms. The lowest BCUT2D eigenvalue weighted by molar-refractivity contribution is 0.345. The number of hydrogen-bond acceptors (Lipinski definition) is 2. The van der Waals surface area contributed by atoms with Gasteiger partial charge in [-0.3, -0.25) is 4.57 Å². The van der Waals surface area contributed by atoms with Crippen molar-refractivity contribution < 1.29 is 9.09 Å². The van der Waals surface area contributed by atoms with Gasteiger partial charge in [0.05, 0.1) is 6.61 Å². The van der Waals surface area contributed by atoms with Crippen LogP contribution in [-0.4, -0.2) is 13.3 Å². The van der Waals surface area contributed by atoms with E-state index in [1.165, 1.54) is 5.56 Å². The van der Waals surface area contributed by atoms with Gasteiger partial charge in [-0.15, -0.1) is 0 Å². The minimum absolute atomic E-state index is 0.276. The molecule has 0 amide bonds. The predicted molar refractivity (Wildman–Crippen MR) is 85.2 cm³/mol. The number of rotatable bonds is 5. The smallest absolute Gasteiger partial charge is 0.229 e. The summed E-state index contributed by atoms with van der Waals surface area (Å²) in [7, 11) is -2.70. The Bertz CT molecular complexity index is 607. The summed E-state index contributed by atoms with van der Waals surface area (Å²) in [6, 6.07) is 18.3. The maximum absolute atomic E-state index is 12.5. The first-order valence-electron chi connectivity index (χ1n) is 6.92. The summed E-state index contributed by atoms with van der Waals surface area (Å²) in [5, 5.41) is 0.791. The Balaban J connectivity index is 2.33. The third-order valence-electron chi connectivity index (χ3n) is 3.51. The molecule has 0 aliphatic heterocycles. The van der Waals surface area contributed by atoms with E-state index in [4.69, 9.17) is 4.52 Å². The fourth-order valence-corrected chi connectivity index (χ4v) is 3.68. The highest BCUT2D eigenvalue weighted by Crippen LogP contribution is 2.41. The number of benzene rings is 2. The topological polar surface area (TPSA) is 26.3 Å². The number of hydrogen-bond donors (Lipinski definition) is 0. The molecular weight excluding hydrogens is 267 g/mol. The Morgan fingerprint density at radius 3 is 2.35 bits per heavy atom. The predicted octanol–water partition coefficient (Wildman–Crippen LogP) is 4.41. The van der Waals surface area contributed by atoms with E-state index in [2.05, 4.69) is 25.1 Å². The quantitative estimate of drug-likeness (QED) is 0.762. The van der Waals surface area contributed by atoms with E-state index in [1.807, 2.05) is 43.3 Å². The molecule has 0 aliphatic rings. The molecule has 0 N–H and O–H groups in total. The van der Waals surface area contributed by atoms with Crippen LogP contribution in [0.15, 0.2) is 54.6 Å². The molecule has 0 heterocycles. The van der Waals surface area contributed by atoms with Gasteiger partial charge in [0, 0.05) is 17.9 Å². The van der Waals surface area contributed by atoms with Crippen molar-refractivity contribution in [2.24, 2.45) is 0 Å². The average Bonchev–Trinajstić information content (AvgIpc) is 2.47. The lowest BCUT2D eigenvalue weighted by Crippen LogP contribution is -2.09. The van der Waals surface area contributed by atoms with Crippen molar-refractivity contribution in [2.75, 3.05) is 13.3 Å². The fourth-order valence-electron chi connectivity index (χ4n) is 2.30. The molecule has 2 aromatic rings. The monoisotopic (exact) mass is 288 g/mol. The zero-order valence-electron chi connectivity index (χ0n) is 12.2. The molecule has 3 heteroatoms. The van der Waals surface area contributed by atoms with Crippen LogP contribution in [0.1, 0.15) is 30.9 Å². The highest BCUT2D eigenvalue weighted by atomic mass is 31.2. The maximum Gasteiger partial charge on any atom is 0.229 e. The van der Waals surface area contributed by atoms with Crippen LogP contribution in [0, 0.1) is 0 Å². The van der Waals surface area contributed by atoms with Gasteiger partial charge in [0.15, 0.2) is 0 Å². The molecule has 2 rings (SSSR count). The highest BCUT2D eigenvalue weighted by molar-refractivity contribution is 7.66. The summed E-state index contributed by atoms with van der Waals surface area (Å²) >= 11 is 0. The Morgan fingerprint density at radius 2 is 1.70 bits per heavy atom. The van der Waals surface area contributed by atoms with Gasteiger partial charge in [0.25, 0.3) is 0 Å². The van der Waals surface area contributed by atoms with Crippen LogP contribution in [-0.2, 0) is 9.09 Å². The molecule has 2 atom stereocenters. The summed E-state index contributed by atoms with van der Waals surface area (Å²) in [6.07, 6.45) is 0. The van der Waals surface area contributed by atoms with E-state index in [-0.39, 0.29) is 5.92 Å². The molecule has 106 valence electrons. The van der Waals surface area contributed by atoms with E-state index in [0.29, 0.717) is 6.61 Å². The van der Waals surface area contributed by atoms with Crippen molar-refractivity contribution in [1.82, 2.24) is 0 Å². The average molecular weight is 288 g/mol. The van der Waals surface area contributed by atoms with Gasteiger partial charge >= 0.3 is 0 Å². The third-order valence-corrected chi connectivity index (χ3v) is 5.48. The van der Waals surface area contributed by atoms with Crippen LogP contribution in [0.25, 0.3) is 0 Å². The standard InChI is InChI=1S/C17H21O2P/c1-4-19-20(3,18)17-12-8-11-16(13-17)14(2)15-9-6-5-7-10-15/h5-14H,4H2,1-3H3. The Morgan fingerprint density at radius 1 is 1.05 bits per heavy atom. The molecule has 0 aliphatic carbocycles. The molecule has 0 fully saturated rings. The van der Waals surface area contributed by atoms with Crippen molar-refractivity contribution >= 4 is 12.7 Å². The molecule has 0 radical (unpaired) electrons. The van der Waals surface area contributed by atoms with E-state index in [0.717, 1.165) is 10.9 Å². The molecule has 0 saturated heterocycles. The van der Waals surface area contributed by atoms with Crippen LogP contribution in [0.3, 0.4) is 0 Å². The van der Waals surface area contributed by atoms with Crippen molar-refractivity contribution in [1.29, 1.82) is 0 Å². The second kappa shape index (κ2) is 6.39. The minimum atomic E-state index is -2.70. The summed E-state index contributed by atoms with van der Waals surface area (Å²) in [5.74, 6) is 0.276. The fraction of sp³-hybridized carbons (Fsp3) is 0.294. The van der Waals surface area contributed by atoms with E-state index < -0.39 is 7.37 Å². The van der Waals surface area contributed by atoms with Gasteiger partial charge in [0.2, 0.25) is 7.37 Å². The van der Waals surface area contributed by atoms with Crippen molar-refractivity contribution in [2.45, 2.75) is 19.8 Å². The van der Waals surface area contributed by atoms with Crippen LogP contribution in [0.2, 0.25) is 0 Å². The third kappa shape index (κ3) is 3.39. The zero-order valence-corrected chi connectivity index (χ0v) is 13.1. The summed E-state index contributed by atoms with van der Waals surface area (Å²) in [6.45, 7) is 6.18. The molecule has 0 saturated carbocycles. The first kappa shape index (κ1) is 15.0. The molecule has 20 heavy (non-hydrogen) atoms. The van der Waals surface area contributed by atoms with Crippen molar-refractivity contribution in [3.05, 3.63) is 65.7 Å². The van der Waals surface area contributed by atoms with Crippen LogP contribution >= 0.6 is 7.37 Å². The molecular formula is C17H21O2P. The molecule has 2 nitrogen and oxygen atoms in total.